The number of nitrogens with zero attached hydrogens (tertiary/aromatic N) is 1. The molecule has 0 aromatic heterocycles. The van der Waals surface area contributed by atoms with E-state index < -0.39 is 84.4 Å². The Balaban J connectivity index is -0.000000412. The van der Waals surface area contributed by atoms with Crippen molar-refractivity contribution >= 4 is 102 Å². The number of hydrogen-bond donors (Lipinski definition) is 14. The SMILES string of the molecule is C=C(CC=CSCC(C)=O)NCC(=O)NC(CS)C(=O)NC(C)C(=O)NCC(=O)NCC(=O)NC(S)C(=O)NCC(N)=O.CC.CC(=O)O.CCCCNC(C)=O.CCCN=C(N)N.Cc1ccccc1. The number of carbonyl (C=O) groups excluding carboxylic acids is 9. The van der Waals surface area contributed by atoms with E-state index in [1.54, 1.807) is 11.5 Å². The largest absolute Gasteiger partial charge is 0.481 e. The van der Waals surface area contributed by atoms with E-state index in [4.69, 9.17) is 27.1 Å². The van der Waals surface area contributed by atoms with Crippen molar-refractivity contribution in [3.63, 3.8) is 0 Å². The first-order chi connectivity index (χ1) is 33.3. The van der Waals surface area contributed by atoms with Crippen molar-refractivity contribution in [2.75, 3.05) is 50.8 Å². The highest BCUT2D eigenvalue weighted by molar-refractivity contribution is 8.02. The van der Waals surface area contributed by atoms with Crippen LogP contribution in [0.4, 0.5) is 0 Å². The molecule has 71 heavy (non-hydrogen) atoms. The van der Waals surface area contributed by atoms with E-state index in [0.717, 1.165) is 39.3 Å². The van der Waals surface area contributed by atoms with E-state index in [0.29, 0.717) is 17.9 Å². The molecule has 404 valence electrons. The highest BCUT2D eigenvalue weighted by Crippen LogP contribution is 2.05. The van der Waals surface area contributed by atoms with Crippen LogP contribution in [0.5, 0.6) is 0 Å². The lowest BCUT2D eigenvalue weighted by Gasteiger charge is -2.20. The van der Waals surface area contributed by atoms with Crippen LogP contribution < -0.4 is 59.7 Å². The minimum Gasteiger partial charge on any atom is -0.481 e. The molecule has 0 saturated heterocycles. The number of unbranched alkanes of at least 4 members (excludes halogenated alkanes) is 1. The topological polar surface area (TPSA) is 378 Å². The normalized spacial score (nSPS) is 10.7. The molecule has 0 bridgehead atoms. The fourth-order valence-corrected chi connectivity index (χ4v) is 4.89. The number of aliphatic carboxylic acids is 1. The number of ketones is 1. The van der Waals surface area contributed by atoms with E-state index in [1.165, 1.54) is 38.1 Å². The number of carboxylic acids is 1. The van der Waals surface area contributed by atoms with E-state index >= 15 is 0 Å². The fraction of sp³-hybridized carbons (Fsp3) is 0.533. The number of aliphatic imine (C=N–C) groups is 1. The van der Waals surface area contributed by atoms with Crippen LogP contribution in [0.15, 0.2) is 59.1 Å². The lowest BCUT2D eigenvalue weighted by molar-refractivity contribution is -0.134. The second kappa shape index (κ2) is 50.1. The summed E-state index contributed by atoms with van der Waals surface area (Å²) in [7, 11) is 0. The molecule has 0 heterocycles. The van der Waals surface area contributed by atoms with E-state index in [2.05, 4.69) is 105 Å². The zero-order valence-electron chi connectivity index (χ0n) is 42.5. The van der Waals surface area contributed by atoms with Crippen molar-refractivity contribution in [3.05, 3.63) is 59.7 Å². The van der Waals surface area contributed by atoms with Gasteiger partial charge in [-0.2, -0.15) is 12.6 Å². The van der Waals surface area contributed by atoms with Gasteiger partial charge in [-0.3, -0.25) is 52.9 Å². The predicted octanol–water partition coefficient (Wildman–Crippen LogP) is 0.146. The second-order valence-corrected chi connectivity index (χ2v) is 15.8. The number of allylic oxidation sites excluding steroid dienone is 1. The monoisotopic (exact) mass is 1060 g/mol. The third-order valence-corrected chi connectivity index (χ3v) is 8.83. The summed E-state index contributed by atoms with van der Waals surface area (Å²) in [4.78, 5) is 117. The molecular formula is C45H80N12O11S3. The third kappa shape index (κ3) is 57.9. The summed E-state index contributed by atoms with van der Waals surface area (Å²) in [5, 5.41) is 27.1. The Morgan fingerprint density at radius 2 is 1.30 bits per heavy atom. The molecule has 0 aliphatic heterocycles. The number of guanidine groups is 1. The Morgan fingerprint density at radius 3 is 1.75 bits per heavy atom. The van der Waals surface area contributed by atoms with E-state index in [-0.39, 0.29) is 29.9 Å². The summed E-state index contributed by atoms with van der Waals surface area (Å²) in [6, 6.07) is 8.12. The van der Waals surface area contributed by atoms with Crippen molar-refractivity contribution < 1.29 is 53.1 Å². The Hall–Kier alpha value is -6.28. The van der Waals surface area contributed by atoms with Gasteiger partial charge in [0.1, 0.15) is 17.9 Å². The van der Waals surface area contributed by atoms with Crippen LogP contribution in [0.25, 0.3) is 0 Å². The molecule has 1 aromatic rings. The van der Waals surface area contributed by atoms with Crippen LogP contribution in [0.1, 0.15) is 86.6 Å². The number of nitrogens with two attached hydrogens (primary N) is 3. The van der Waals surface area contributed by atoms with Gasteiger partial charge in [-0.15, -0.1) is 24.4 Å². The molecular weight excluding hydrogens is 981 g/mol. The molecule has 0 aliphatic carbocycles. The van der Waals surface area contributed by atoms with Crippen molar-refractivity contribution in [1.82, 2.24) is 42.5 Å². The van der Waals surface area contributed by atoms with Crippen molar-refractivity contribution in [2.24, 2.45) is 22.2 Å². The Morgan fingerprint density at radius 1 is 0.761 bits per heavy atom. The average molecular weight is 1060 g/mol. The van der Waals surface area contributed by atoms with Gasteiger partial charge in [0.2, 0.25) is 41.4 Å². The Labute approximate surface area is 433 Å². The van der Waals surface area contributed by atoms with Crippen molar-refractivity contribution in [2.45, 2.75) is 105 Å². The minimum absolute atomic E-state index is 0.0575. The van der Waals surface area contributed by atoms with Crippen LogP contribution in [-0.2, 0) is 47.9 Å². The maximum absolute atomic E-state index is 12.5. The maximum Gasteiger partial charge on any atom is 0.300 e. The van der Waals surface area contributed by atoms with Gasteiger partial charge in [-0.1, -0.05) is 82.7 Å². The van der Waals surface area contributed by atoms with E-state index in [9.17, 15) is 43.2 Å². The molecule has 0 aliphatic rings. The van der Waals surface area contributed by atoms with Crippen LogP contribution in [0.2, 0.25) is 0 Å². The molecule has 1 rings (SSSR count). The number of aryl methyl sites for hydroxylation is 1. The zero-order chi connectivity index (χ0) is 55.7. The van der Waals surface area contributed by atoms with Gasteiger partial charge in [0.15, 0.2) is 11.3 Å². The van der Waals surface area contributed by atoms with Crippen molar-refractivity contribution in [1.29, 1.82) is 0 Å². The van der Waals surface area contributed by atoms with Gasteiger partial charge in [-0.05, 0) is 39.0 Å². The summed E-state index contributed by atoms with van der Waals surface area (Å²) in [6.45, 7) is 19.4. The van der Waals surface area contributed by atoms with Crippen LogP contribution in [0, 0.1) is 6.92 Å². The lowest BCUT2D eigenvalue weighted by Crippen LogP contribution is -2.55. The summed E-state index contributed by atoms with van der Waals surface area (Å²) in [5.74, 6) is -5.22. The number of nitrogens with one attached hydrogen (secondary N) is 8. The number of carboxylic acid groups (broad SMARTS) is 1. The first-order valence-corrected chi connectivity index (χ1v) is 24.5. The maximum atomic E-state index is 12.5. The lowest BCUT2D eigenvalue weighted by atomic mass is 10.2. The van der Waals surface area contributed by atoms with Gasteiger partial charge in [0.25, 0.3) is 11.9 Å². The van der Waals surface area contributed by atoms with Crippen LogP contribution >= 0.6 is 37.0 Å². The van der Waals surface area contributed by atoms with Gasteiger partial charge >= 0.3 is 0 Å². The predicted molar refractivity (Wildman–Crippen MR) is 287 cm³/mol. The summed E-state index contributed by atoms with van der Waals surface area (Å²) in [5.41, 5.74) is 16.8. The highest BCUT2D eigenvalue weighted by Gasteiger charge is 2.24. The van der Waals surface area contributed by atoms with E-state index in [1.807, 2.05) is 39.0 Å². The first-order valence-electron chi connectivity index (χ1n) is 22.3. The molecule has 26 heteroatoms. The number of rotatable bonds is 26. The van der Waals surface area contributed by atoms with Gasteiger partial charge < -0.3 is 64.8 Å². The Bertz CT molecular complexity index is 1800. The third-order valence-electron chi connectivity index (χ3n) is 7.14. The quantitative estimate of drug-likeness (QED) is 0.0193. The zero-order valence-corrected chi connectivity index (χ0v) is 45.1. The molecule has 0 radical (unpaired) electrons. The standard InChI is InChI=1S/C24H38N8O8S3.C7H8.C6H13NO.C4H11N3.C2H4O2.C2H6/c1-13(5-4-6-43-12-14(2)33)26-9-19(36)31-16(11-41)22(39)30-15(3)21(38)29-8-18(35)27-10-20(37)32-24(42)23(40)28-7-17(25)34;1-7-5-3-2-4-6-7;1-3-4-5-7-6(2)8;1-2-3-7-4(5)6;1-2(3)4;1-2/h4,6,15-16,24,26,41-42H,1,5,7-12H2,2-3H3,(H2,25,34)(H,27,35)(H,28,40)(H,29,38)(H,30,39)(H,31,36)(H,32,37);2-6H,1H3;3-5H2,1-2H3,(H,7,8);2-3H2,1H3,(H4,5,6,7);1H3,(H,3,4);1-2H3. The summed E-state index contributed by atoms with van der Waals surface area (Å²) < 4.78 is 0. The number of carbonyl (C=O) groups is 10. The highest BCUT2D eigenvalue weighted by atomic mass is 32.2. The number of hydrogen-bond acceptors (Lipinski definition) is 15. The molecule has 0 spiro atoms. The van der Waals surface area contributed by atoms with Crippen molar-refractivity contribution in [3.8, 4) is 0 Å². The average Bonchev–Trinajstić information content (AvgIpc) is 3.30. The molecule has 1 aromatic carbocycles. The number of thiol groups is 2. The molecule has 0 saturated carbocycles. The molecule has 0 fully saturated rings. The minimum atomic E-state index is -1.30. The summed E-state index contributed by atoms with van der Waals surface area (Å²) >= 11 is 9.28. The number of benzene rings is 1. The molecule has 3 unspecified atom stereocenters. The first kappa shape index (κ1) is 73.7. The van der Waals surface area contributed by atoms with Gasteiger partial charge in [0.05, 0.1) is 31.9 Å². The molecule has 15 N–H and O–H groups in total. The second-order valence-electron chi connectivity index (χ2n) is 14.0. The molecule has 23 nitrogen and oxygen atoms in total. The van der Waals surface area contributed by atoms with Crippen LogP contribution in [-0.4, -0.2) is 138 Å². The number of Topliss-reactive ketones (excluding diaryl/α,β-unsaturated/α-hetero) is 1. The molecule has 8 amide bonds. The fourth-order valence-electron chi connectivity index (χ4n) is 3.84. The Kier molecular flexibility index (Phi) is 52.0. The number of amides is 8. The van der Waals surface area contributed by atoms with Crippen LogP contribution in [0.3, 0.4) is 0 Å². The smallest absolute Gasteiger partial charge is 0.300 e. The molecule has 3 atom stereocenters. The number of thioether (sulfide) groups is 1. The van der Waals surface area contributed by atoms with Gasteiger partial charge in [-0.25, -0.2) is 0 Å². The number of primary amides is 1. The summed E-state index contributed by atoms with van der Waals surface area (Å²) in [6.07, 6.45) is 5.44. The van der Waals surface area contributed by atoms with Gasteiger partial charge in [0, 0.05) is 44.8 Å².